The van der Waals surface area contributed by atoms with Crippen LogP contribution in [0.5, 0.6) is 0 Å². The second-order valence-electron chi connectivity index (χ2n) is 6.37. The molecule has 2 aromatic heterocycles. The van der Waals surface area contributed by atoms with Crippen molar-refractivity contribution in [2.45, 2.75) is 11.7 Å². The summed E-state index contributed by atoms with van der Waals surface area (Å²) < 4.78 is 2.06. The van der Waals surface area contributed by atoms with E-state index in [1.165, 1.54) is 23.1 Å². The van der Waals surface area contributed by atoms with Crippen LogP contribution in [0.1, 0.15) is 15.2 Å². The maximum Gasteiger partial charge on any atom is 0.279 e. The van der Waals surface area contributed by atoms with Crippen LogP contribution in [0.3, 0.4) is 0 Å². The fraction of sp³-hybridized carbons (Fsp3) is 0.0952. The molecule has 4 aromatic rings. The van der Waals surface area contributed by atoms with E-state index < -0.39 is 0 Å². The number of rotatable bonds is 6. The molecule has 2 aromatic carbocycles. The molecule has 0 radical (unpaired) electrons. The molecule has 0 fully saturated rings. The Kier molecular flexibility index (Phi) is 6.37. The smallest absolute Gasteiger partial charge is 0.279 e. The van der Waals surface area contributed by atoms with E-state index in [0.717, 1.165) is 16.6 Å². The van der Waals surface area contributed by atoms with E-state index in [9.17, 15) is 9.59 Å². The van der Waals surface area contributed by atoms with Crippen LogP contribution in [0.4, 0.5) is 0 Å². The zero-order valence-electron chi connectivity index (χ0n) is 15.7. The van der Waals surface area contributed by atoms with E-state index in [-0.39, 0.29) is 17.6 Å². The first kappa shape index (κ1) is 20.5. The minimum Gasteiger partial charge on any atom is -0.314 e. The number of carbonyl (C=O) groups excluding carboxylic acids is 2. The molecule has 2 heterocycles. The number of benzene rings is 2. The van der Waals surface area contributed by atoms with Gasteiger partial charge in [-0.15, -0.1) is 11.3 Å². The minimum atomic E-state index is -0.339. The highest BCUT2D eigenvalue weighted by atomic mass is 35.5. The van der Waals surface area contributed by atoms with E-state index in [0.29, 0.717) is 21.6 Å². The van der Waals surface area contributed by atoms with Gasteiger partial charge in [0.1, 0.15) is 0 Å². The summed E-state index contributed by atoms with van der Waals surface area (Å²) in [4.78, 5) is 29.4. The molecule has 2 N–H and O–H groups in total. The highest BCUT2D eigenvalue weighted by Crippen LogP contribution is 2.27. The molecule has 0 bridgehead atoms. The predicted molar refractivity (Wildman–Crippen MR) is 121 cm³/mol. The van der Waals surface area contributed by atoms with Crippen LogP contribution in [0.25, 0.3) is 11.0 Å². The van der Waals surface area contributed by atoms with Crippen LogP contribution < -0.4 is 10.9 Å². The number of carbonyl (C=O) groups is 2. The Hall–Kier alpha value is -2.81. The Labute approximate surface area is 186 Å². The molecule has 0 aliphatic rings. The van der Waals surface area contributed by atoms with Crippen LogP contribution in [0.15, 0.2) is 71.2 Å². The molecule has 0 saturated carbocycles. The summed E-state index contributed by atoms with van der Waals surface area (Å²) in [6, 6.07) is 19.1. The summed E-state index contributed by atoms with van der Waals surface area (Å²) in [6.45, 7) is 0.623. The number of thioether (sulfide) groups is 1. The number of hydrogen-bond donors (Lipinski definition) is 2. The molecule has 0 aliphatic heterocycles. The number of hydrogen-bond acceptors (Lipinski definition) is 5. The van der Waals surface area contributed by atoms with Gasteiger partial charge in [0.25, 0.3) is 5.91 Å². The Morgan fingerprint density at radius 2 is 1.90 bits per heavy atom. The van der Waals surface area contributed by atoms with Crippen molar-refractivity contribution in [3.63, 3.8) is 0 Å². The van der Waals surface area contributed by atoms with Crippen LogP contribution in [0, 0.1) is 0 Å². The Morgan fingerprint density at radius 1 is 1.07 bits per heavy atom. The summed E-state index contributed by atoms with van der Waals surface area (Å²) in [5.41, 5.74) is 7.70. The first-order valence-electron chi connectivity index (χ1n) is 9.05. The van der Waals surface area contributed by atoms with Crippen molar-refractivity contribution in [2.24, 2.45) is 0 Å². The van der Waals surface area contributed by atoms with Crippen molar-refractivity contribution in [2.75, 3.05) is 5.75 Å². The lowest BCUT2D eigenvalue weighted by Gasteiger charge is -2.10. The van der Waals surface area contributed by atoms with E-state index in [1.54, 1.807) is 17.5 Å². The maximum atomic E-state index is 12.2. The molecule has 6 nitrogen and oxygen atoms in total. The van der Waals surface area contributed by atoms with Gasteiger partial charge in [-0.05, 0) is 35.2 Å². The summed E-state index contributed by atoms with van der Waals surface area (Å²) in [6.07, 6.45) is 0. The van der Waals surface area contributed by atoms with Crippen molar-refractivity contribution in [1.29, 1.82) is 0 Å². The first-order valence-corrected chi connectivity index (χ1v) is 11.3. The number of imidazole rings is 1. The van der Waals surface area contributed by atoms with Crippen molar-refractivity contribution < 1.29 is 9.59 Å². The third-order valence-electron chi connectivity index (χ3n) is 4.25. The highest BCUT2D eigenvalue weighted by molar-refractivity contribution is 7.99. The average molecular weight is 457 g/mol. The highest BCUT2D eigenvalue weighted by Gasteiger charge is 2.15. The van der Waals surface area contributed by atoms with Gasteiger partial charge in [0.2, 0.25) is 5.91 Å². The molecule has 0 aliphatic carbocycles. The van der Waals surface area contributed by atoms with E-state index in [1.807, 2.05) is 48.5 Å². The monoisotopic (exact) mass is 456 g/mol. The van der Waals surface area contributed by atoms with Crippen molar-refractivity contribution in [3.8, 4) is 0 Å². The zero-order valence-corrected chi connectivity index (χ0v) is 18.1. The molecule has 2 amide bonds. The van der Waals surface area contributed by atoms with Crippen LogP contribution >= 0.6 is 34.7 Å². The van der Waals surface area contributed by atoms with Crippen LogP contribution in [-0.4, -0.2) is 27.1 Å². The Bertz CT molecular complexity index is 1180. The Morgan fingerprint density at radius 3 is 2.67 bits per heavy atom. The van der Waals surface area contributed by atoms with Gasteiger partial charge in [-0.1, -0.05) is 59.8 Å². The second-order valence-corrected chi connectivity index (χ2v) is 8.69. The maximum absolute atomic E-state index is 12.2. The molecule has 0 spiro atoms. The zero-order chi connectivity index (χ0) is 20.9. The van der Waals surface area contributed by atoms with Crippen LogP contribution in [-0.2, 0) is 11.3 Å². The van der Waals surface area contributed by atoms with Gasteiger partial charge < -0.3 is 4.57 Å². The summed E-state index contributed by atoms with van der Waals surface area (Å²) in [5.74, 6) is -0.549. The Balaban J connectivity index is 1.46. The lowest BCUT2D eigenvalue weighted by molar-refractivity contribution is -0.119. The number of fused-ring (bicyclic) bond motifs is 1. The van der Waals surface area contributed by atoms with Gasteiger partial charge in [-0.3, -0.25) is 20.4 Å². The van der Waals surface area contributed by atoms with E-state index in [4.69, 9.17) is 11.6 Å². The van der Waals surface area contributed by atoms with Gasteiger partial charge >= 0.3 is 0 Å². The molecule has 9 heteroatoms. The molecule has 0 atom stereocenters. The number of nitrogens with zero attached hydrogens (tertiary/aromatic N) is 2. The average Bonchev–Trinajstić information content (AvgIpc) is 3.40. The fourth-order valence-electron chi connectivity index (χ4n) is 2.87. The van der Waals surface area contributed by atoms with Gasteiger partial charge in [0.05, 0.1) is 28.2 Å². The number of nitrogens with one attached hydrogen (secondary N) is 2. The summed E-state index contributed by atoms with van der Waals surface area (Å²) in [5, 5.41) is 3.11. The molecule has 0 unspecified atom stereocenters. The molecule has 4 rings (SSSR count). The van der Waals surface area contributed by atoms with E-state index >= 15 is 0 Å². The van der Waals surface area contributed by atoms with Crippen molar-refractivity contribution in [3.05, 3.63) is 81.5 Å². The van der Waals surface area contributed by atoms with Crippen LogP contribution in [0.2, 0.25) is 5.02 Å². The fourth-order valence-corrected chi connectivity index (χ4v) is 4.47. The minimum absolute atomic E-state index is 0.108. The SMILES string of the molecule is O=C(CSc1nc2cc(Cl)ccc2n1Cc1ccccc1)NNC(=O)c1cccs1. The van der Waals surface area contributed by atoms with Crippen molar-refractivity contribution in [1.82, 2.24) is 20.4 Å². The second kappa shape index (κ2) is 9.34. The van der Waals surface area contributed by atoms with Crippen molar-refractivity contribution >= 4 is 57.5 Å². The van der Waals surface area contributed by atoms with Gasteiger partial charge in [-0.2, -0.15) is 0 Å². The number of aromatic nitrogens is 2. The first-order chi connectivity index (χ1) is 14.6. The third kappa shape index (κ3) is 4.84. The lowest BCUT2D eigenvalue weighted by Crippen LogP contribution is -2.42. The molecule has 152 valence electrons. The predicted octanol–water partition coefficient (Wildman–Crippen LogP) is 4.35. The van der Waals surface area contributed by atoms with Gasteiger partial charge in [0, 0.05) is 5.02 Å². The molecular weight excluding hydrogens is 440 g/mol. The molecule has 30 heavy (non-hydrogen) atoms. The number of halogens is 1. The summed E-state index contributed by atoms with van der Waals surface area (Å²) >= 11 is 8.73. The number of thiophene rings is 1. The lowest BCUT2D eigenvalue weighted by atomic mass is 10.2. The topological polar surface area (TPSA) is 76.0 Å². The molecule has 0 saturated heterocycles. The molecular formula is C21H17ClN4O2S2. The number of hydrazine groups is 1. The van der Waals surface area contributed by atoms with E-state index in [2.05, 4.69) is 20.4 Å². The normalized spacial score (nSPS) is 10.8. The summed E-state index contributed by atoms with van der Waals surface area (Å²) in [7, 11) is 0. The third-order valence-corrected chi connectivity index (χ3v) is 6.33. The standard InChI is InChI=1S/C21H17ClN4O2S2/c22-15-8-9-17-16(11-15)23-21(26(17)12-14-5-2-1-3-6-14)30-13-19(27)24-25-20(28)18-7-4-10-29-18/h1-11H,12-13H2,(H,24,27)(H,25,28). The largest absolute Gasteiger partial charge is 0.314 e. The number of amides is 2. The van der Waals surface area contributed by atoms with Gasteiger partial charge in [-0.25, -0.2) is 4.98 Å². The van der Waals surface area contributed by atoms with Gasteiger partial charge in [0.15, 0.2) is 5.16 Å². The quantitative estimate of drug-likeness (QED) is 0.334.